The first-order chi connectivity index (χ1) is 12.3. The quantitative estimate of drug-likeness (QED) is 0.774. The number of urea groups is 1. The van der Waals surface area contributed by atoms with Crippen LogP contribution in [0.1, 0.15) is 18.4 Å². The van der Waals surface area contributed by atoms with Crippen LogP contribution in [-0.2, 0) is 11.3 Å². The summed E-state index contributed by atoms with van der Waals surface area (Å²) in [5, 5.41) is 4.98. The molecule has 1 fully saturated rings. The summed E-state index contributed by atoms with van der Waals surface area (Å²) in [4.78, 5) is 26.6. The standard InChI is InChI=1S/C17H18F3N3O3/c18-17(19,20)14(13-6-3-7-26-13)23-16(25)21-9-11-8-10-4-1-2-5-12(10)22-15(11)24/h1-2,4-5,8,13-14H,3,6-7,9H2,(H,22,24)(H2,21,23,25). The van der Waals surface area contributed by atoms with Crippen LogP contribution < -0.4 is 16.2 Å². The molecule has 9 heteroatoms. The van der Waals surface area contributed by atoms with E-state index in [9.17, 15) is 22.8 Å². The van der Waals surface area contributed by atoms with E-state index in [2.05, 4.69) is 10.3 Å². The first kappa shape index (κ1) is 18.2. The van der Waals surface area contributed by atoms with Crippen LogP contribution in [0.25, 0.3) is 10.9 Å². The number of H-pyrrole nitrogens is 1. The predicted octanol–water partition coefficient (Wildman–Crippen LogP) is 2.44. The zero-order valence-corrected chi connectivity index (χ0v) is 13.7. The van der Waals surface area contributed by atoms with Crippen LogP contribution in [0.15, 0.2) is 35.1 Å². The molecule has 2 heterocycles. The van der Waals surface area contributed by atoms with Crippen LogP contribution in [0.4, 0.5) is 18.0 Å². The summed E-state index contributed by atoms with van der Waals surface area (Å²) in [6, 6.07) is 5.58. The maximum absolute atomic E-state index is 13.2. The number of alkyl halides is 3. The molecule has 0 saturated carbocycles. The molecule has 2 amide bonds. The number of hydrogen-bond acceptors (Lipinski definition) is 3. The highest BCUT2D eigenvalue weighted by molar-refractivity contribution is 5.79. The molecule has 2 unspecified atom stereocenters. The van der Waals surface area contributed by atoms with Crippen molar-refractivity contribution in [3.63, 3.8) is 0 Å². The van der Waals surface area contributed by atoms with Crippen molar-refractivity contribution < 1.29 is 22.7 Å². The van der Waals surface area contributed by atoms with E-state index in [1.54, 1.807) is 30.3 Å². The molecule has 26 heavy (non-hydrogen) atoms. The minimum Gasteiger partial charge on any atom is -0.376 e. The fourth-order valence-corrected chi connectivity index (χ4v) is 2.94. The third-order valence-corrected chi connectivity index (χ3v) is 4.25. The van der Waals surface area contributed by atoms with Crippen LogP contribution >= 0.6 is 0 Å². The second kappa shape index (κ2) is 7.36. The topological polar surface area (TPSA) is 83.2 Å². The van der Waals surface area contributed by atoms with Gasteiger partial charge in [-0.1, -0.05) is 18.2 Å². The minimum absolute atomic E-state index is 0.192. The summed E-state index contributed by atoms with van der Waals surface area (Å²) >= 11 is 0. The Bertz CT molecular complexity index is 844. The summed E-state index contributed by atoms with van der Waals surface area (Å²) in [7, 11) is 0. The molecule has 140 valence electrons. The Morgan fingerprint density at radius 1 is 1.35 bits per heavy atom. The molecule has 2 atom stereocenters. The molecule has 6 nitrogen and oxygen atoms in total. The van der Waals surface area contributed by atoms with Gasteiger partial charge < -0.3 is 20.4 Å². The zero-order chi connectivity index (χ0) is 18.7. The average molecular weight is 369 g/mol. The fraction of sp³-hybridized carbons (Fsp3) is 0.412. The molecule has 3 N–H and O–H groups in total. The summed E-state index contributed by atoms with van der Waals surface area (Å²) in [5.41, 5.74) is 0.483. The number of aromatic amines is 1. The number of carbonyl (C=O) groups is 1. The van der Waals surface area contributed by atoms with Gasteiger partial charge in [-0.05, 0) is 30.4 Å². The van der Waals surface area contributed by atoms with Crippen LogP contribution in [-0.4, -0.2) is 35.9 Å². The lowest BCUT2D eigenvalue weighted by Gasteiger charge is -2.26. The highest BCUT2D eigenvalue weighted by Crippen LogP contribution is 2.28. The van der Waals surface area contributed by atoms with E-state index in [4.69, 9.17) is 4.74 Å². The lowest BCUT2D eigenvalue weighted by atomic mass is 10.1. The van der Waals surface area contributed by atoms with Crippen molar-refractivity contribution in [3.8, 4) is 0 Å². The number of benzene rings is 1. The molecule has 1 aromatic carbocycles. The van der Waals surface area contributed by atoms with Gasteiger partial charge in [-0.15, -0.1) is 0 Å². The molecular weight excluding hydrogens is 351 g/mol. The Hall–Kier alpha value is -2.55. The van der Waals surface area contributed by atoms with E-state index < -0.39 is 29.9 Å². The summed E-state index contributed by atoms with van der Waals surface area (Å²) in [6.45, 7) is 0.0507. The first-order valence-corrected chi connectivity index (χ1v) is 8.18. The summed E-state index contributed by atoms with van der Waals surface area (Å²) in [5.74, 6) is 0. The second-order valence-corrected chi connectivity index (χ2v) is 6.11. The monoisotopic (exact) mass is 369 g/mol. The van der Waals surface area contributed by atoms with Gasteiger partial charge in [0.1, 0.15) is 0 Å². The maximum atomic E-state index is 13.2. The molecule has 1 aromatic heterocycles. The number of ether oxygens (including phenoxy) is 1. The smallest absolute Gasteiger partial charge is 0.376 e. The third kappa shape index (κ3) is 4.16. The lowest BCUT2D eigenvalue weighted by molar-refractivity contribution is -0.176. The molecule has 0 aliphatic carbocycles. The first-order valence-electron chi connectivity index (χ1n) is 8.18. The highest BCUT2D eigenvalue weighted by atomic mass is 19.4. The van der Waals surface area contributed by atoms with Gasteiger partial charge in [0.25, 0.3) is 5.56 Å². The number of halogens is 3. The zero-order valence-electron chi connectivity index (χ0n) is 13.7. The second-order valence-electron chi connectivity index (χ2n) is 6.11. The van der Waals surface area contributed by atoms with Crippen LogP contribution in [0, 0.1) is 0 Å². The van der Waals surface area contributed by atoms with E-state index >= 15 is 0 Å². The molecule has 0 spiro atoms. The summed E-state index contributed by atoms with van der Waals surface area (Å²) in [6.07, 6.45) is -4.96. The van der Waals surface area contributed by atoms with E-state index in [-0.39, 0.29) is 25.1 Å². The van der Waals surface area contributed by atoms with Crippen molar-refractivity contribution in [2.75, 3.05) is 6.61 Å². The predicted molar refractivity (Wildman–Crippen MR) is 88.8 cm³/mol. The maximum Gasteiger partial charge on any atom is 0.411 e. The van der Waals surface area contributed by atoms with Gasteiger partial charge in [0.05, 0.1) is 6.10 Å². The number of fused-ring (bicyclic) bond motifs is 1. The van der Waals surface area contributed by atoms with Crippen molar-refractivity contribution in [2.45, 2.75) is 37.7 Å². The van der Waals surface area contributed by atoms with Gasteiger partial charge in [-0.25, -0.2) is 4.79 Å². The van der Waals surface area contributed by atoms with Crippen molar-refractivity contribution >= 4 is 16.9 Å². The number of pyridine rings is 1. The molecule has 1 aliphatic rings. The van der Waals surface area contributed by atoms with Crippen molar-refractivity contribution in [2.24, 2.45) is 0 Å². The van der Waals surface area contributed by atoms with Gasteiger partial charge >= 0.3 is 12.2 Å². The van der Waals surface area contributed by atoms with E-state index in [0.717, 1.165) is 5.39 Å². The van der Waals surface area contributed by atoms with Gasteiger partial charge in [0.2, 0.25) is 0 Å². The third-order valence-electron chi connectivity index (χ3n) is 4.25. The highest BCUT2D eigenvalue weighted by Gasteiger charge is 2.47. The molecule has 1 saturated heterocycles. The number of hydrogen-bond donors (Lipinski definition) is 3. The molecule has 2 aromatic rings. The Balaban J connectivity index is 1.66. The van der Waals surface area contributed by atoms with Crippen LogP contribution in [0.2, 0.25) is 0 Å². The Kier molecular flexibility index (Phi) is 5.17. The van der Waals surface area contributed by atoms with Gasteiger partial charge in [0.15, 0.2) is 6.04 Å². The number of para-hydroxylation sites is 1. The van der Waals surface area contributed by atoms with Gasteiger partial charge in [-0.3, -0.25) is 4.79 Å². The number of nitrogens with one attached hydrogen (secondary N) is 3. The number of amides is 2. The van der Waals surface area contributed by atoms with Gasteiger partial charge in [0, 0.05) is 24.2 Å². The van der Waals surface area contributed by atoms with Crippen molar-refractivity contribution in [1.29, 1.82) is 0 Å². The van der Waals surface area contributed by atoms with Crippen LogP contribution in [0.3, 0.4) is 0 Å². The SMILES string of the molecule is O=C(NCc1cc2ccccc2[nH]c1=O)NC(C1CCCO1)C(F)(F)F. The van der Waals surface area contributed by atoms with Crippen molar-refractivity contribution in [3.05, 3.63) is 46.2 Å². The molecule has 1 aliphatic heterocycles. The van der Waals surface area contributed by atoms with Gasteiger partial charge in [-0.2, -0.15) is 13.2 Å². The summed E-state index contributed by atoms with van der Waals surface area (Å²) < 4.78 is 44.5. The van der Waals surface area contributed by atoms with E-state index in [1.165, 1.54) is 0 Å². The van der Waals surface area contributed by atoms with E-state index in [1.807, 2.05) is 5.32 Å². The largest absolute Gasteiger partial charge is 0.411 e. The molecule has 0 radical (unpaired) electrons. The van der Waals surface area contributed by atoms with Crippen molar-refractivity contribution in [1.82, 2.24) is 15.6 Å². The Morgan fingerprint density at radius 2 is 2.12 bits per heavy atom. The normalized spacial score (nSPS) is 18.7. The molecule has 3 rings (SSSR count). The minimum atomic E-state index is -4.62. The Labute approximate surface area is 146 Å². The number of rotatable bonds is 4. The lowest BCUT2D eigenvalue weighted by Crippen LogP contribution is -2.55. The average Bonchev–Trinajstić information content (AvgIpc) is 3.10. The van der Waals surface area contributed by atoms with Crippen LogP contribution in [0.5, 0.6) is 0 Å². The molecular formula is C17H18F3N3O3. The fourth-order valence-electron chi connectivity index (χ4n) is 2.94. The molecule has 0 bridgehead atoms. The Morgan fingerprint density at radius 3 is 2.81 bits per heavy atom. The number of carbonyl (C=O) groups excluding carboxylic acids is 1. The number of aromatic nitrogens is 1. The van der Waals surface area contributed by atoms with E-state index in [0.29, 0.717) is 11.9 Å².